The predicted molar refractivity (Wildman–Crippen MR) is 339 cm³/mol. The number of rotatable bonds is 9. The van der Waals surface area contributed by atoms with Crippen molar-refractivity contribution < 1.29 is 14.2 Å². The van der Waals surface area contributed by atoms with Crippen LogP contribution in [0.4, 0.5) is 34.9 Å². The standard InChI is InChI=1S/C66H54Cl3N15O3/c1-4-7-34-82-49-22-10-43(11-23-49)55-70-56-44-12-24-50(25-13-44)83(35-8-5-2)62-74-59(68)77-65(80-62)86-53-30-18-41(19-31-53)47-37-46(40-16-28-52(29-17-40)85-64-76-58(67)73-61(82)79-64)38-48(39-47)42-20-32-54(33-21-42)87-66-78-60(69)75-63(81-66)84(36-9-6-3)51-26-14-45(15-27-51)57(71-55)72-56/h10-33,37-39H,4-9,34-36H2,1-3H3. The summed E-state index contributed by atoms with van der Waals surface area (Å²) in [4.78, 5) is 63.1. The monoisotopic (exact) mass is 1210 g/mol. The van der Waals surface area contributed by atoms with Gasteiger partial charge in [0.05, 0.1) is 0 Å². The van der Waals surface area contributed by atoms with Crippen molar-refractivity contribution in [1.29, 1.82) is 0 Å². The maximum Gasteiger partial charge on any atom is 0.328 e. The maximum absolute atomic E-state index is 6.70. The molecule has 0 saturated carbocycles. The molecule has 0 atom stereocenters. The van der Waals surface area contributed by atoms with E-state index in [-0.39, 0.29) is 33.9 Å². The van der Waals surface area contributed by atoms with E-state index < -0.39 is 0 Å². The lowest BCUT2D eigenvalue weighted by Gasteiger charge is -2.23. The molecule has 0 N–H and O–H groups in total. The van der Waals surface area contributed by atoms with Crippen molar-refractivity contribution in [3.63, 3.8) is 0 Å². The summed E-state index contributed by atoms with van der Waals surface area (Å²) in [5, 5.41) is -0.0339. The Labute approximate surface area is 517 Å². The van der Waals surface area contributed by atoms with Gasteiger partial charge >= 0.3 is 18.0 Å². The first kappa shape index (κ1) is 56.4. The van der Waals surface area contributed by atoms with Gasteiger partial charge in [-0.3, -0.25) is 0 Å². The number of ether oxygens (including phenoxy) is 3. The average molecular weight is 1210 g/mol. The lowest BCUT2D eigenvalue weighted by Crippen LogP contribution is -2.21. The van der Waals surface area contributed by atoms with E-state index in [1.54, 1.807) is 0 Å². The molecule has 432 valence electrons. The zero-order valence-electron chi connectivity index (χ0n) is 47.5. The number of benzene rings is 7. The molecule has 18 nitrogen and oxygen atoms in total. The van der Waals surface area contributed by atoms with Crippen LogP contribution < -0.4 is 28.9 Å². The largest absolute Gasteiger partial charge is 0.424 e. The number of hydrogen-bond acceptors (Lipinski definition) is 18. The Morgan fingerprint density at radius 2 is 0.540 bits per heavy atom. The molecule has 0 saturated heterocycles. The second kappa shape index (κ2) is 25.1. The van der Waals surface area contributed by atoms with Crippen molar-refractivity contribution in [2.24, 2.45) is 0 Å². The van der Waals surface area contributed by atoms with Crippen LogP contribution in [0, 0.1) is 0 Å². The second-order valence-corrected chi connectivity index (χ2v) is 21.7. The molecule has 11 aromatic rings. The zero-order valence-corrected chi connectivity index (χ0v) is 49.8. The number of anilines is 6. The van der Waals surface area contributed by atoms with Crippen molar-refractivity contribution >= 4 is 69.7 Å². The van der Waals surface area contributed by atoms with Gasteiger partial charge in [-0.2, -0.15) is 44.9 Å². The Hall–Kier alpha value is -9.75. The van der Waals surface area contributed by atoms with Gasteiger partial charge in [0.15, 0.2) is 17.5 Å². The summed E-state index contributed by atoms with van der Waals surface area (Å²) in [6, 6.07) is 53.6. The highest BCUT2D eigenvalue weighted by molar-refractivity contribution is 6.29. The van der Waals surface area contributed by atoms with Gasteiger partial charge in [-0.1, -0.05) is 76.4 Å². The molecule has 24 bridgehead atoms. The summed E-state index contributed by atoms with van der Waals surface area (Å²) in [7, 11) is 0. The van der Waals surface area contributed by atoms with Crippen LogP contribution in [0.5, 0.6) is 35.3 Å². The zero-order chi connectivity index (χ0) is 59.4. The highest BCUT2D eigenvalue weighted by Crippen LogP contribution is 2.39. The van der Waals surface area contributed by atoms with Crippen molar-refractivity contribution in [2.75, 3.05) is 34.3 Å². The molecule has 0 aliphatic carbocycles. The van der Waals surface area contributed by atoms with Crippen molar-refractivity contribution in [2.45, 2.75) is 59.3 Å². The van der Waals surface area contributed by atoms with E-state index in [2.05, 4.69) is 68.9 Å². The molecule has 0 amide bonds. The molecule has 4 aromatic heterocycles. The van der Waals surface area contributed by atoms with Crippen LogP contribution in [0.15, 0.2) is 164 Å². The third kappa shape index (κ3) is 12.7. The molecule has 7 aromatic carbocycles. The average Bonchev–Trinajstić information content (AvgIpc) is 3.71. The van der Waals surface area contributed by atoms with Crippen LogP contribution in [-0.2, 0) is 0 Å². The molecule has 0 radical (unpaired) electrons. The normalized spacial score (nSPS) is 12.4. The minimum atomic E-state index is -0.0113. The predicted octanol–water partition coefficient (Wildman–Crippen LogP) is 17.2. The highest BCUT2D eigenvalue weighted by Gasteiger charge is 2.23. The molecule has 0 unspecified atom stereocenters. The molecule has 0 spiro atoms. The third-order valence-corrected chi connectivity index (χ3v) is 15.2. The SMILES string of the molecule is CCCCN1c2ccc(cc2)-c2nc3nc(n2)-c2ccc(cc2)N(CCCC)c2nc(Cl)nc(n2)Oc2ccc(cc2)-c2cc(cc(c2)-c2ccc(cc2)Oc2nc(Cl)nc(n2)N(CCCC)c2ccc-3cc2)-c2ccc(cc2)Oc2nc(Cl)nc1n2. The van der Waals surface area contributed by atoms with Gasteiger partial charge in [-0.15, -0.1) is 0 Å². The smallest absolute Gasteiger partial charge is 0.328 e. The number of nitrogens with zero attached hydrogens (tertiary/aromatic N) is 15. The number of unbranched alkanes of at least 4 members (excludes halogenated alkanes) is 3. The second-order valence-electron chi connectivity index (χ2n) is 20.7. The van der Waals surface area contributed by atoms with Crippen molar-refractivity contribution in [1.82, 2.24) is 59.8 Å². The summed E-state index contributed by atoms with van der Waals surface area (Å²) in [5.74, 6) is 3.84. The molecule has 21 aliphatic rings. The first-order valence-electron chi connectivity index (χ1n) is 28.7. The summed E-state index contributed by atoms with van der Waals surface area (Å²) >= 11 is 20.1. The first-order chi connectivity index (χ1) is 42.6. The number of halogens is 3. The Kier molecular flexibility index (Phi) is 16.2. The van der Waals surface area contributed by atoms with Crippen LogP contribution >= 0.6 is 34.8 Å². The van der Waals surface area contributed by atoms with Crippen LogP contribution in [0.3, 0.4) is 0 Å². The Morgan fingerprint density at radius 3 is 0.793 bits per heavy atom. The minimum absolute atomic E-state index is 0.0113. The lowest BCUT2D eigenvalue weighted by molar-refractivity contribution is 0.439. The summed E-state index contributed by atoms with van der Waals surface area (Å²) in [6.07, 6.45) is 5.27. The van der Waals surface area contributed by atoms with Gasteiger partial charge < -0.3 is 28.9 Å². The van der Waals surface area contributed by atoms with E-state index in [1.165, 1.54) is 0 Å². The van der Waals surface area contributed by atoms with Gasteiger partial charge in [-0.05, 0) is 215 Å². The van der Waals surface area contributed by atoms with Crippen molar-refractivity contribution in [3.05, 3.63) is 180 Å². The fourth-order valence-corrected chi connectivity index (χ4v) is 10.6. The van der Waals surface area contributed by atoms with Gasteiger partial charge in [0.25, 0.3) is 0 Å². The minimum Gasteiger partial charge on any atom is -0.424 e. The Balaban J connectivity index is 1.02. The van der Waals surface area contributed by atoms with E-state index in [1.807, 2.05) is 160 Å². The molecule has 21 heteroatoms. The van der Waals surface area contributed by atoms with Gasteiger partial charge in [0.2, 0.25) is 33.7 Å². The maximum atomic E-state index is 6.70. The van der Waals surface area contributed by atoms with Crippen LogP contribution in [0.25, 0.3) is 67.5 Å². The van der Waals surface area contributed by atoms with Crippen LogP contribution in [-0.4, -0.2) is 79.4 Å². The fraction of sp³-hybridized carbons (Fsp3) is 0.182. The summed E-state index contributed by atoms with van der Waals surface area (Å²) < 4.78 is 19.1. The number of aromatic nitrogens is 12. The molecular weight excluding hydrogens is 1160 g/mol. The van der Waals surface area contributed by atoms with E-state index in [9.17, 15) is 0 Å². The van der Waals surface area contributed by atoms with Crippen LogP contribution in [0.2, 0.25) is 15.9 Å². The Bertz CT molecular complexity index is 3810. The molecule has 87 heavy (non-hydrogen) atoms. The van der Waals surface area contributed by atoms with Crippen LogP contribution in [0.1, 0.15) is 59.3 Å². The number of hydrogen-bond donors (Lipinski definition) is 0. The molecular formula is C66H54Cl3N15O3. The molecule has 32 rings (SSSR count). The molecule has 21 aliphatic heterocycles. The lowest BCUT2D eigenvalue weighted by atomic mass is 9.93. The van der Waals surface area contributed by atoms with E-state index in [0.717, 1.165) is 106 Å². The van der Waals surface area contributed by atoms with Gasteiger partial charge in [0.1, 0.15) is 17.2 Å². The summed E-state index contributed by atoms with van der Waals surface area (Å²) in [5.41, 5.74) is 10.3. The van der Waals surface area contributed by atoms with E-state index in [4.69, 9.17) is 78.9 Å². The molecule has 0 fully saturated rings. The van der Waals surface area contributed by atoms with Gasteiger partial charge in [-0.25, -0.2) is 15.0 Å². The Morgan fingerprint density at radius 1 is 0.287 bits per heavy atom. The molecule has 25 heterocycles. The van der Waals surface area contributed by atoms with E-state index >= 15 is 0 Å². The fourth-order valence-electron chi connectivity index (χ4n) is 10.2. The van der Waals surface area contributed by atoms with Gasteiger partial charge in [0, 0.05) is 53.4 Å². The third-order valence-electron chi connectivity index (χ3n) is 14.7. The van der Waals surface area contributed by atoms with E-state index in [0.29, 0.717) is 72.2 Å². The summed E-state index contributed by atoms with van der Waals surface area (Å²) in [6.45, 7) is 8.16. The van der Waals surface area contributed by atoms with Crippen molar-refractivity contribution in [3.8, 4) is 103 Å². The topological polar surface area (TPSA) is 192 Å². The first-order valence-corrected chi connectivity index (χ1v) is 29.9. The quantitative estimate of drug-likeness (QED) is 0.132. The highest BCUT2D eigenvalue weighted by atomic mass is 35.5.